The Morgan fingerprint density at radius 1 is 0.482 bits per heavy atom. The summed E-state index contributed by atoms with van der Waals surface area (Å²) in [5.41, 5.74) is 13.3. The minimum atomic E-state index is 0.233. The summed E-state index contributed by atoms with van der Waals surface area (Å²) in [5, 5.41) is 7.70. The molecule has 10 aromatic rings. The zero-order valence-corrected chi connectivity index (χ0v) is 31.1. The molecule has 2 unspecified atom stereocenters. The van der Waals surface area contributed by atoms with E-state index >= 15 is 0 Å². The van der Waals surface area contributed by atoms with Crippen molar-refractivity contribution in [3.05, 3.63) is 211 Å². The maximum atomic E-state index is 5.13. The van der Waals surface area contributed by atoms with Crippen LogP contribution < -0.4 is 0 Å². The van der Waals surface area contributed by atoms with Gasteiger partial charge < -0.3 is 0 Å². The topological polar surface area (TPSA) is 17.8 Å². The fourth-order valence-corrected chi connectivity index (χ4v) is 9.27. The largest absolute Gasteiger partial charge is 0.292 e. The maximum Gasteiger partial charge on any atom is 0.145 e. The molecule has 0 radical (unpaired) electrons. The van der Waals surface area contributed by atoms with Gasteiger partial charge in [0.25, 0.3) is 0 Å². The van der Waals surface area contributed by atoms with Crippen LogP contribution in [0.15, 0.2) is 194 Å². The predicted octanol–water partition coefficient (Wildman–Crippen LogP) is 14.4. The molecule has 1 aromatic heterocycles. The van der Waals surface area contributed by atoms with Gasteiger partial charge in [-0.1, -0.05) is 171 Å². The molecular formula is C54H38N2. The highest BCUT2D eigenvalue weighted by Gasteiger charge is 2.28. The molecule has 1 aliphatic rings. The maximum absolute atomic E-state index is 5.13. The van der Waals surface area contributed by atoms with Gasteiger partial charge in [-0.05, 0) is 114 Å². The van der Waals surface area contributed by atoms with Gasteiger partial charge in [-0.3, -0.25) is 4.57 Å². The van der Waals surface area contributed by atoms with Crippen LogP contribution in [0.1, 0.15) is 35.4 Å². The summed E-state index contributed by atoms with van der Waals surface area (Å²) in [5.74, 6) is 1.51. The Morgan fingerprint density at radius 2 is 1.14 bits per heavy atom. The molecule has 0 amide bonds. The Kier molecular flexibility index (Phi) is 7.57. The second-order valence-electron chi connectivity index (χ2n) is 15.1. The molecular weight excluding hydrogens is 677 g/mol. The van der Waals surface area contributed by atoms with E-state index in [1.165, 1.54) is 71.3 Å². The molecule has 2 heteroatoms. The van der Waals surface area contributed by atoms with Crippen LogP contribution >= 0.6 is 0 Å². The molecule has 1 aliphatic carbocycles. The van der Waals surface area contributed by atoms with Crippen molar-refractivity contribution in [3.63, 3.8) is 0 Å². The van der Waals surface area contributed by atoms with Gasteiger partial charge in [0.05, 0.1) is 11.0 Å². The standard InChI is InChI=1S/C54H38N2/c1-35-44-18-8-7-14-38(44)29-31-45(35)53-47-20-10-9-19-46(47)52(42-28-25-36-13-5-6-15-40(36)33-42)49-34-41(30-32-48(49)53)37-23-26-39(27-24-37)54-55-50-21-11-12-22-51(50)56(54)43-16-3-2-4-17-43/h2-35,45H,1H3. The highest BCUT2D eigenvalue weighted by atomic mass is 15.1. The van der Waals surface area contributed by atoms with Crippen molar-refractivity contribution >= 4 is 49.4 Å². The first kappa shape index (κ1) is 32.4. The zero-order chi connectivity index (χ0) is 37.2. The minimum Gasteiger partial charge on any atom is -0.292 e. The molecule has 2 atom stereocenters. The van der Waals surface area contributed by atoms with Crippen LogP contribution in [0.4, 0.5) is 0 Å². The van der Waals surface area contributed by atoms with Crippen molar-refractivity contribution in [2.24, 2.45) is 0 Å². The van der Waals surface area contributed by atoms with Crippen LogP contribution in [0.2, 0.25) is 0 Å². The van der Waals surface area contributed by atoms with Crippen molar-refractivity contribution in [1.82, 2.24) is 9.55 Å². The first-order valence-electron chi connectivity index (χ1n) is 19.6. The summed E-state index contributed by atoms with van der Waals surface area (Å²) in [6, 6.07) is 68.6. The molecule has 0 saturated heterocycles. The van der Waals surface area contributed by atoms with Gasteiger partial charge >= 0.3 is 0 Å². The number of aromatic nitrogens is 2. The SMILES string of the molecule is CC1c2ccccc2C=CC1c1c2ccccc2c(-c2ccc3ccccc3c2)c2cc(-c3ccc(-c4nc5ccccc5n4-c4ccccc4)cc3)ccc12. The zero-order valence-electron chi connectivity index (χ0n) is 31.1. The van der Waals surface area contributed by atoms with Gasteiger partial charge in [0.1, 0.15) is 5.82 Å². The van der Waals surface area contributed by atoms with E-state index in [0.717, 1.165) is 28.1 Å². The summed E-state index contributed by atoms with van der Waals surface area (Å²) >= 11 is 0. The smallest absolute Gasteiger partial charge is 0.145 e. The van der Waals surface area contributed by atoms with E-state index < -0.39 is 0 Å². The van der Waals surface area contributed by atoms with Gasteiger partial charge in [0.2, 0.25) is 0 Å². The quantitative estimate of drug-likeness (QED) is 0.162. The van der Waals surface area contributed by atoms with Crippen molar-refractivity contribution in [2.75, 3.05) is 0 Å². The van der Waals surface area contributed by atoms with Crippen LogP contribution in [0.5, 0.6) is 0 Å². The van der Waals surface area contributed by atoms with Crippen molar-refractivity contribution in [3.8, 4) is 39.3 Å². The number of rotatable bonds is 5. The first-order chi connectivity index (χ1) is 27.7. The molecule has 0 bridgehead atoms. The summed E-state index contributed by atoms with van der Waals surface area (Å²) in [6.45, 7) is 2.40. The third kappa shape index (κ3) is 5.21. The van der Waals surface area contributed by atoms with E-state index in [1.54, 1.807) is 0 Å². The normalized spacial score (nSPS) is 15.2. The molecule has 0 fully saturated rings. The Morgan fingerprint density at radius 3 is 2.02 bits per heavy atom. The molecule has 9 aromatic carbocycles. The van der Waals surface area contributed by atoms with Crippen LogP contribution in [-0.4, -0.2) is 9.55 Å². The fraction of sp³-hybridized carbons (Fsp3) is 0.0556. The number of hydrogen-bond donors (Lipinski definition) is 0. The van der Waals surface area contributed by atoms with Crippen molar-refractivity contribution in [2.45, 2.75) is 18.8 Å². The van der Waals surface area contributed by atoms with Gasteiger partial charge in [-0.25, -0.2) is 4.98 Å². The van der Waals surface area contributed by atoms with E-state index in [1.807, 2.05) is 0 Å². The van der Waals surface area contributed by atoms with Crippen LogP contribution in [0.3, 0.4) is 0 Å². The lowest BCUT2D eigenvalue weighted by Crippen LogP contribution is -2.12. The third-order valence-corrected chi connectivity index (χ3v) is 12.0. The van der Waals surface area contributed by atoms with Gasteiger partial charge in [0.15, 0.2) is 0 Å². The Hall–Kier alpha value is -7.03. The summed E-state index contributed by atoms with van der Waals surface area (Å²) in [7, 11) is 0. The molecule has 2 nitrogen and oxygen atoms in total. The first-order valence-corrected chi connectivity index (χ1v) is 19.6. The van der Waals surface area contributed by atoms with E-state index in [9.17, 15) is 0 Å². The van der Waals surface area contributed by atoms with E-state index in [2.05, 4.69) is 212 Å². The highest BCUT2D eigenvalue weighted by molar-refractivity contribution is 6.17. The molecule has 0 N–H and O–H groups in total. The average Bonchev–Trinajstić information content (AvgIpc) is 3.66. The Balaban J connectivity index is 1.11. The molecule has 11 rings (SSSR count). The van der Waals surface area contributed by atoms with Gasteiger partial charge in [-0.15, -0.1) is 0 Å². The Bertz CT molecular complexity index is 3150. The van der Waals surface area contributed by atoms with Crippen LogP contribution in [0.25, 0.3) is 88.8 Å². The molecule has 1 heterocycles. The van der Waals surface area contributed by atoms with Crippen molar-refractivity contribution < 1.29 is 0 Å². The summed E-state index contributed by atoms with van der Waals surface area (Å²) < 4.78 is 2.27. The number of hydrogen-bond acceptors (Lipinski definition) is 1. The fourth-order valence-electron chi connectivity index (χ4n) is 9.27. The summed E-state index contributed by atoms with van der Waals surface area (Å²) in [6.07, 6.45) is 4.78. The molecule has 56 heavy (non-hydrogen) atoms. The average molecular weight is 715 g/mol. The van der Waals surface area contributed by atoms with E-state index in [4.69, 9.17) is 4.98 Å². The molecule has 264 valence electrons. The monoisotopic (exact) mass is 714 g/mol. The summed E-state index contributed by atoms with van der Waals surface area (Å²) in [4.78, 5) is 5.13. The highest BCUT2D eigenvalue weighted by Crippen LogP contribution is 2.49. The predicted molar refractivity (Wildman–Crippen MR) is 237 cm³/mol. The lowest BCUT2D eigenvalue weighted by atomic mass is 9.73. The van der Waals surface area contributed by atoms with Crippen molar-refractivity contribution in [1.29, 1.82) is 0 Å². The molecule has 0 spiro atoms. The molecule has 0 saturated carbocycles. The lowest BCUT2D eigenvalue weighted by molar-refractivity contribution is 0.677. The lowest BCUT2D eigenvalue weighted by Gasteiger charge is -2.30. The van der Waals surface area contributed by atoms with Crippen LogP contribution in [0, 0.1) is 0 Å². The van der Waals surface area contributed by atoms with Crippen LogP contribution in [-0.2, 0) is 0 Å². The third-order valence-electron chi connectivity index (χ3n) is 12.0. The van der Waals surface area contributed by atoms with E-state index in [0.29, 0.717) is 5.92 Å². The molecule has 0 aliphatic heterocycles. The number of benzene rings is 9. The number of imidazole rings is 1. The van der Waals surface area contributed by atoms with E-state index in [-0.39, 0.29) is 5.92 Å². The Labute approximate surface area is 326 Å². The van der Waals surface area contributed by atoms with Gasteiger partial charge in [-0.2, -0.15) is 0 Å². The number of para-hydroxylation sites is 3. The van der Waals surface area contributed by atoms with Gasteiger partial charge in [0, 0.05) is 17.2 Å². The minimum absolute atomic E-state index is 0.233. The number of allylic oxidation sites excluding steroid dienone is 1. The second-order valence-corrected chi connectivity index (χ2v) is 15.1. The number of nitrogens with zero attached hydrogens (tertiary/aromatic N) is 2. The number of fused-ring (bicyclic) bond motifs is 5. The second kappa shape index (κ2) is 13.1.